The molecule has 0 bridgehead atoms. The summed E-state index contributed by atoms with van der Waals surface area (Å²) in [6.07, 6.45) is 0.484. The summed E-state index contributed by atoms with van der Waals surface area (Å²) in [5.74, 6) is 1.97. The Morgan fingerprint density at radius 3 is 2.54 bits per heavy atom. The van der Waals surface area contributed by atoms with Gasteiger partial charge in [-0.15, -0.1) is 0 Å². The predicted molar refractivity (Wildman–Crippen MR) is 114 cm³/mol. The van der Waals surface area contributed by atoms with Gasteiger partial charge < -0.3 is 14.8 Å². The largest absolute Gasteiger partial charge is 0.497 e. The second-order valence-corrected chi connectivity index (χ2v) is 8.92. The van der Waals surface area contributed by atoms with Crippen LogP contribution in [0.5, 0.6) is 11.5 Å². The van der Waals surface area contributed by atoms with Crippen LogP contribution in [-0.4, -0.2) is 19.6 Å². The normalized spacial score (nSPS) is 15.8. The topological polar surface area (TPSA) is 47.6 Å². The van der Waals surface area contributed by atoms with Crippen molar-refractivity contribution >= 4 is 11.6 Å². The lowest BCUT2D eigenvalue weighted by atomic mass is 9.86. The van der Waals surface area contributed by atoms with Crippen LogP contribution in [0.15, 0.2) is 24.3 Å². The lowest BCUT2D eigenvalue weighted by molar-refractivity contribution is -0.117. The third-order valence-electron chi connectivity index (χ3n) is 5.50. The van der Waals surface area contributed by atoms with Gasteiger partial charge in [-0.05, 0) is 60.6 Å². The summed E-state index contributed by atoms with van der Waals surface area (Å²) in [6, 6.07) is 8.13. The second-order valence-electron chi connectivity index (χ2n) is 8.92. The van der Waals surface area contributed by atoms with Gasteiger partial charge in [0.15, 0.2) is 0 Å². The molecule has 2 aromatic carbocycles. The van der Waals surface area contributed by atoms with Crippen molar-refractivity contribution in [3.63, 3.8) is 0 Å². The zero-order chi connectivity index (χ0) is 20.6. The number of carbonyl (C=O) groups excluding carboxylic acids is 1. The highest BCUT2D eigenvalue weighted by molar-refractivity contribution is 5.93. The van der Waals surface area contributed by atoms with E-state index >= 15 is 0 Å². The van der Waals surface area contributed by atoms with E-state index in [4.69, 9.17) is 9.47 Å². The molecule has 1 unspecified atom stereocenters. The van der Waals surface area contributed by atoms with Crippen molar-refractivity contribution in [2.75, 3.05) is 19.0 Å². The molecular formula is C24H31NO3. The van der Waals surface area contributed by atoms with Crippen molar-refractivity contribution < 1.29 is 14.3 Å². The fraction of sp³-hybridized carbons (Fsp3) is 0.458. The van der Waals surface area contributed by atoms with Crippen LogP contribution in [0, 0.1) is 26.2 Å². The number of fused-ring (bicyclic) bond motifs is 1. The number of hydrogen-bond donors (Lipinski definition) is 1. The minimum absolute atomic E-state index is 0.0508. The summed E-state index contributed by atoms with van der Waals surface area (Å²) in [5, 5.41) is 3.18. The van der Waals surface area contributed by atoms with Crippen LogP contribution in [0.3, 0.4) is 0 Å². The summed E-state index contributed by atoms with van der Waals surface area (Å²) in [5.41, 5.74) is 6.46. The molecule has 1 amide bonds. The van der Waals surface area contributed by atoms with E-state index < -0.39 is 0 Å². The number of amides is 1. The number of methoxy groups -OCH3 is 1. The molecule has 0 saturated heterocycles. The lowest BCUT2D eigenvalue weighted by Crippen LogP contribution is -2.21. The van der Waals surface area contributed by atoms with Gasteiger partial charge in [-0.3, -0.25) is 4.79 Å². The number of benzene rings is 2. The molecular weight excluding hydrogens is 350 g/mol. The smallest absolute Gasteiger partial charge is 0.224 e. The zero-order valence-corrected chi connectivity index (χ0v) is 18.0. The summed E-state index contributed by atoms with van der Waals surface area (Å²) in [4.78, 5) is 12.6. The number of hydrogen-bond acceptors (Lipinski definition) is 3. The second kappa shape index (κ2) is 7.50. The standard InChI is InChI=1S/C24H31NO3/c1-14-15(2)23-21(16(3)22(14)25-20(26)12-24(4,5)6)19(13-28-23)17-9-8-10-18(11-17)27-7/h8-11,19H,12-13H2,1-7H3,(H,25,26). The van der Waals surface area contributed by atoms with Crippen molar-refractivity contribution in [3.05, 3.63) is 52.1 Å². The first-order valence-corrected chi connectivity index (χ1v) is 9.82. The van der Waals surface area contributed by atoms with Crippen LogP contribution in [0.2, 0.25) is 0 Å². The van der Waals surface area contributed by atoms with Gasteiger partial charge in [0, 0.05) is 23.6 Å². The van der Waals surface area contributed by atoms with Gasteiger partial charge in [-0.1, -0.05) is 32.9 Å². The monoisotopic (exact) mass is 381 g/mol. The van der Waals surface area contributed by atoms with Gasteiger partial charge in [0.05, 0.1) is 13.7 Å². The maximum atomic E-state index is 12.6. The molecule has 150 valence electrons. The molecule has 0 spiro atoms. The number of rotatable bonds is 4. The van der Waals surface area contributed by atoms with Crippen molar-refractivity contribution in [1.29, 1.82) is 0 Å². The molecule has 0 saturated carbocycles. The number of ether oxygens (including phenoxy) is 2. The average Bonchev–Trinajstić information content (AvgIpc) is 3.07. The van der Waals surface area contributed by atoms with E-state index in [9.17, 15) is 4.79 Å². The van der Waals surface area contributed by atoms with Gasteiger partial charge in [0.2, 0.25) is 5.91 Å². The van der Waals surface area contributed by atoms with E-state index in [1.54, 1.807) is 7.11 Å². The Balaban J connectivity index is 2.04. The molecule has 1 heterocycles. The van der Waals surface area contributed by atoms with Crippen molar-refractivity contribution in [3.8, 4) is 11.5 Å². The SMILES string of the molecule is COc1cccc(C2COc3c(C)c(C)c(NC(=O)CC(C)(C)C)c(C)c32)c1. The van der Waals surface area contributed by atoms with E-state index in [1.165, 1.54) is 5.56 Å². The first-order valence-electron chi connectivity index (χ1n) is 9.82. The molecule has 28 heavy (non-hydrogen) atoms. The third-order valence-corrected chi connectivity index (χ3v) is 5.50. The number of anilines is 1. The molecule has 0 fully saturated rings. The van der Waals surface area contributed by atoms with Gasteiger partial charge in [-0.25, -0.2) is 0 Å². The van der Waals surface area contributed by atoms with Gasteiger partial charge >= 0.3 is 0 Å². The van der Waals surface area contributed by atoms with E-state index in [2.05, 4.69) is 59.0 Å². The van der Waals surface area contributed by atoms with Gasteiger partial charge in [0.1, 0.15) is 11.5 Å². The Labute approximate surface area is 168 Å². The minimum atomic E-state index is -0.0517. The molecule has 1 aliphatic rings. The van der Waals surface area contributed by atoms with Crippen LogP contribution in [0.1, 0.15) is 60.9 Å². The van der Waals surface area contributed by atoms with E-state index in [0.717, 1.165) is 39.4 Å². The lowest BCUT2D eigenvalue weighted by Gasteiger charge is -2.22. The fourth-order valence-corrected chi connectivity index (χ4v) is 3.98. The fourth-order valence-electron chi connectivity index (χ4n) is 3.98. The Hall–Kier alpha value is -2.49. The Kier molecular flexibility index (Phi) is 5.42. The van der Waals surface area contributed by atoms with Crippen LogP contribution in [0.25, 0.3) is 0 Å². The van der Waals surface area contributed by atoms with Gasteiger partial charge in [0.25, 0.3) is 0 Å². The predicted octanol–water partition coefficient (Wildman–Crippen LogP) is 5.52. The van der Waals surface area contributed by atoms with E-state index in [-0.39, 0.29) is 17.2 Å². The summed E-state index contributed by atoms with van der Waals surface area (Å²) >= 11 is 0. The molecule has 4 nitrogen and oxygen atoms in total. The summed E-state index contributed by atoms with van der Waals surface area (Å²) < 4.78 is 11.5. The third kappa shape index (κ3) is 3.87. The molecule has 0 radical (unpaired) electrons. The average molecular weight is 382 g/mol. The summed E-state index contributed by atoms with van der Waals surface area (Å²) in [6.45, 7) is 13.0. The Bertz CT molecular complexity index is 909. The molecule has 3 rings (SSSR count). The van der Waals surface area contributed by atoms with E-state index in [1.807, 2.05) is 12.1 Å². The maximum Gasteiger partial charge on any atom is 0.224 e. The molecule has 1 atom stereocenters. The highest BCUT2D eigenvalue weighted by atomic mass is 16.5. The Morgan fingerprint density at radius 1 is 1.18 bits per heavy atom. The molecule has 4 heteroatoms. The number of nitrogens with one attached hydrogen (secondary N) is 1. The molecule has 1 N–H and O–H groups in total. The highest BCUT2D eigenvalue weighted by Gasteiger charge is 2.32. The summed E-state index contributed by atoms with van der Waals surface area (Å²) in [7, 11) is 1.68. The highest BCUT2D eigenvalue weighted by Crippen LogP contribution is 2.47. The van der Waals surface area contributed by atoms with Crippen molar-refractivity contribution in [2.24, 2.45) is 5.41 Å². The molecule has 0 aliphatic carbocycles. The maximum absolute atomic E-state index is 12.6. The quantitative estimate of drug-likeness (QED) is 0.758. The Morgan fingerprint density at radius 2 is 1.89 bits per heavy atom. The van der Waals surface area contributed by atoms with Gasteiger partial charge in [-0.2, -0.15) is 0 Å². The van der Waals surface area contributed by atoms with Crippen LogP contribution in [-0.2, 0) is 4.79 Å². The minimum Gasteiger partial charge on any atom is -0.497 e. The zero-order valence-electron chi connectivity index (χ0n) is 18.0. The van der Waals surface area contributed by atoms with Crippen LogP contribution >= 0.6 is 0 Å². The molecule has 1 aliphatic heterocycles. The first-order chi connectivity index (χ1) is 13.1. The van der Waals surface area contributed by atoms with Crippen LogP contribution in [0.4, 0.5) is 5.69 Å². The van der Waals surface area contributed by atoms with Crippen molar-refractivity contribution in [1.82, 2.24) is 0 Å². The molecule has 2 aromatic rings. The number of carbonyl (C=O) groups is 1. The van der Waals surface area contributed by atoms with Crippen LogP contribution < -0.4 is 14.8 Å². The van der Waals surface area contributed by atoms with E-state index in [0.29, 0.717) is 13.0 Å². The first kappa shape index (κ1) is 20.2. The molecule has 0 aromatic heterocycles. The van der Waals surface area contributed by atoms with Crippen molar-refractivity contribution in [2.45, 2.75) is 53.9 Å².